The van der Waals surface area contributed by atoms with Gasteiger partial charge in [-0.25, -0.2) is 0 Å². The summed E-state index contributed by atoms with van der Waals surface area (Å²) in [6.07, 6.45) is 3.69. The molecule has 0 spiro atoms. The summed E-state index contributed by atoms with van der Waals surface area (Å²) in [4.78, 5) is 8.91. The molecular weight excluding hydrogens is 330 g/mol. The molecule has 0 atom stereocenters. The standard InChI is InChI=1S/C16H18BrN3O/c1-21-14-4-2-3-13(11-14)19-7-9-20(10-8-19)16-5-6-18-12-15(16)17/h2-6,11-12H,7-10H2,1H3. The first kappa shape index (κ1) is 14.2. The van der Waals surface area contributed by atoms with Crippen molar-refractivity contribution in [3.8, 4) is 5.75 Å². The van der Waals surface area contributed by atoms with Crippen molar-refractivity contribution < 1.29 is 4.74 Å². The molecule has 1 aromatic carbocycles. The summed E-state index contributed by atoms with van der Waals surface area (Å²) in [6.45, 7) is 4.00. The second-order valence-electron chi connectivity index (χ2n) is 5.00. The molecule has 4 nitrogen and oxygen atoms in total. The van der Waals surface area contributed by atoms with Crippen LogP contribution in [0.25, 0.3) is 0 Å². The number of aromatic nitrogens is 1. The van der Waals surface area contributed by atoms with E-state index in [0.717, 1.165) is 36.4 Å². The first-order valence-corrected chi connectivity index (χ1v) is 7.80. The Hall–Kier alpha value is -1.75. The first-order chi connectivity index (χ1) is 10.3. The van der Waals surface area contributed by atoms with Crippen LogP contribution in [-0.4, -0.2) is 38.3 Å². The minimum Gasteiger partial charge on any atom is -0.497 e. The van der Waals surface area contributed by atoms with Gasteiger partial charge < -0.3 is 14.5 Å². The van der Waals surface area contributed by atoms with Crippen LogP contribution in [0.4, 0.5) is 11.4 Å². The second kappa shape index (κ2) is 6.35. The van der Waals surface area contributed by atoms with Crippen molar-refractivity contribution in [3.63, 3.8) is 0 Å². The van der Waals surface area contributed by atoms with Gasteiger partial charge in [0.25, 0.3) is 0 Å². The molecule has 2 heterocycles. The predicted octanol–water partition coefficient (Wildman–Crippen LogP) is 3.18. The van der Waals surface area contributed by atoms with E-state index in [9.17, 15) is 0 Å². The third kappa shape index (κ3) is 3.13. The molecule has 21 heavy (non-hydrogen) atoms. The molecule has 0 saturated carbocycles. The van der Waals surface area contributed by atoms with Crippen molar-refractivity contribution in [1.82, 2.24) is 4.98 Å². The predicted molar refractivity (Wildman–Crippen MR) is 89.4 cm³/mol. The Morgan fingerprint density at radius 2 is 1.86 bits per heavy atom. The number of benzene rings is 1. The summed E-state index contributed by atoms with van der Waals surface area (Å²) in [7, 11) is 1.71. The molecule has 5 heteroatoms. The molecule has 1 aliphatic rings. The largest absolute Gasteiger partial charge is 0.497 e. The third-order valence-corrected chi connectivity index (χ3v) is 4.40. The van der Waals surface area contributed by atoms with Gasteiger partial charge in [-0.3, -0.25) is 4.98 Å². The number of rotatable bonds is 3. The summed E-state index contributed by atoms with van der Waals surface area (Å²) in [6, 6.07) is 10.3. The number of pyridine rings is 1. The maximum absolute atomic E-state index is 5.30. The Bertz CT molecular complexity index is 612. The van der Waals surface area contributed by atoms with E-state index in [2.05, 4.69) is 48.9 Å². The molecule has 0 radical (unpaired) electrons. The fourth-order valence-electron chi connectivity index (χ4n) is 2.64. The Morgan fingerprint density at radius 1 is 1.10 bits per heavy atom. The Labute approximate surface area is 133 Å². The highest BCUT2D eigenvalue weighted by Gasteiger charge is 2.19. The molecule has 1 fully saturated rings. The van der Waals surface area contributed by atoms with Gasteiger partial charge >= 0.3 is 0 Å². The van der Waals surface area contributed by atoms with Gasteiger partial charge in [0.05, 0.1) is 17.3 Å². The van der Waals surface area contributed by atoms with E-state index in [0.29, 0.717) is 0 Å². The molecule has 1 aliphatic heterocycles. The van der Waals surface area contributed by atoms with Crippen LogP contribution >= 0.6 is 15.9 Å². The minimum atomic E-state index is 0.909. The van der Waals surface area contributed by atoms with Crippen molar-refractivity contribution in [3.05, 3.63) is 47.2 Å². The molecular formula is C16H18BrN3O. The highest BCUT2D eigenvalue weighted by Crippen LogP contribution is 2.27. The van der Waals surface area contributed by atoms with E-state index < -0.39 is 0 Å². The van der Waals surface area contributed by atoms with Gasteiger partial charge in [0, 0.05) is 50.3 Å². The molecule has 1 saturated heterocycles. The van der Waals surface area contributed by atoms with Gasteiger partial charge in [-0.15, -0.1) is 0 Å². The fourth-order valence-corrected chi connectivity index (χ4v) is 3.14. The third-order valence-electron chi connectivity index (χ3n) is 3.79. The summed E-state index contributed by atoms with van der Waals surface area (Å²) in [5, 5.41) is 0. The van der Waals surface area contributed by atoms with Crippen molar-refractivity contribution in [1.29, 1.82) is 0 Å². The minimum absolute atomic E-state index is 0.909. The Balaban J connectivity index is 1.69. The molecule has 0 amide bonds. The zero-order chi connectivity index (χ0) is 14.7. The quantitative estimate of drug-likeness (QED) is 0.852. The highest BCUT2D eigenvalue weighted by atomic mass is 79.9. The maximum Gasteiger partial charge on any atom is 0.120 e. The molecule has 0 aliphatic carbocycles. The smallest absolute Gasteiger partial charge is 0.120 e. The van der Waals surface area contributed by atoms with Crippen LogP contribution in [0, 0.1) is 0 Å². The van der Waals surface area contributed by atoms with Crippen LogP contribution < -0.4 is 14.5 Å². The number of hydrogen-bond acceptors (Lipinski definition) is 4. The van der Waals surface area contributed by atoms with Crippen LogP contribution in [0.2, 0.25) is 0 Å². The lowest BCUT2D eigenvalue weighted by molar-refractivity contribution is 0.414. The van der Waals surface area contributed by atoms with E-state index in [1.807, 2.05) is 24.5 Å². The van der Waals surface area contributed by atoms with Gasteiger partial charge in [0.2, 0.25) is 0 Å². The van der Waals surface area contributed by atoms with Crippen molar-refractivity contribution in [2.45, 2.75) is 0 Å². The van der Waals surface area contributed by atoms with Crippen molar-refractivity contribution >= 4 is 27.3 Å². The number of methoxy groups -OCH3 is 1. The van der Waals surface area contributed by atoms with Crippen LogP contribution in [0.3, 0.4) is 0 Å². The maximum atomic E-state index is 5.30. The molecule has 3 rings (SSSR count). The molecule has 2 aromatic rings. The van der Waals surface area contributed by atoms with E-state index >= 15 is 0 Å². The van der Waals surface area contributed by atoms with E-state index in [1.165, 1.54) is 11.4 Å². The number of anilines is 2. The zero-order valence-electron chi connectivity index (χ0n) is 12.0. The van der Waals surface area contributed by atoms with Gasteiger partial charge in [-0.2, -0.15) is 0 Å². The number of hydrogen-bond donors (Lipinski definition) is 0. The Morgan fingerprint density at radius 3 is 2.57 bits per heavy atom. The molecule has 0 bridgehead atoms. The average molecular weight is 348 g/mol. The van der Waals surface area contributed by atoms with Crippen LogP contribution in [0.15, 0.2) is 47.2 Å². The normalized spacial score (nSPS) is 15.1. The molecule has 0 N–H and O–H groups in total. The van der Waals surface area contributed by atoms with Crippen molar-refractivity contribution in [2.75, 3.05) is 43.1 Å². The number of piperazine rings is 1. The van der Waals surface area contributed by atoms with Gasteiger partial charge in [0.1, 0.15) is 5.75 Å². The fraction of sp³-hybridized carbons (Fsp3) is 0.312. The van der Waals surface area contributed by atoms with Crippen LogP contribution in [-0.2, 0) is 0 Å². The van der Waals surface area contributed by atoms with Gasteiger partial charge in [-0.1, -0.05) is 6.07 Å². The summed E-state index contributed by atoms with van der Waals surface area (Å²) >= 11 is 3.58. The lowest BCUT2D eigenvalue weighted by atomic mass is 10.2. The Kier molecular flexibility index (Phi) is 4.29. The number of halogens is 1. The summed E-state index contributed by atoms with van der Waals surface area (Å²) in [5.41, 5.74) is 2.44. The van der Waals surface area contributed by atoms with E-state index in [4.69, 9.17) is 4.74 Å². The number of nitrogens with zero attached hydrogens (tertiary/aromatic N) is 3. The van der Waals surface area contributed by atoms with Crippen molar-refractivity contribution in [2.24, 2.45) is 0 Å². The lowest BCUT2D eigenvalue weighted by Crippen LogP contribution is -2.46. The summed E-state index contributed by atoms with van der Waals surface area (Å²) < 4.78 is 6.36. The van der Waals surface area contributed by atoms with Crippen LogP contribution in [0.1, 0.15) is 0 Å². The van der Waals surface area contributed by atoms with Crippen LogP contribution in [0.5, 0.6) is 5.75 Å². The molecule has 0 unspecified atom stereocenters. The second-order valence-corrected chi connectivity index (χ2v) is 5.86. The molecule has 110 valence electrons. The highest BCUT2D eigenvalue weighted by molar-refractivity contribution is 9.10. The number of ether oxygens (including phenoxy) is 1. The average Bonchev–Trinajstić information content (AvgIpc) is 2.56. The van der Waals surface area contributed by atoms with Gasteiger partial charge in [-0.05, 0) is 34.1 Å². The summed E-state index contributed by atoms with van der Waals surface area (Å²) in [5.74, 6) is 0.909. The molecule has 1 aromatic heterocycles. The monoisotopic (exact) mass is 347 g/mol. The SMILES string of the molecule is COc1cccc(N2CCN(c3ccncc3Br)CC2)c1. The van der Waals surface area contributed by atoms with Gasteiger partial charge in [0.15, 0.2) is 0 Å². The lowest BCUT2D eigenvalue weighted by Gasteiger charge is -2.37. The first-order valence-electron chi connectivity index (χ1n) is 7.01. The van der Waals surface area contributed by atoms with E-state index in [-0.39, 0.29) is 0 Å². The zero-order valence-corrected chi connectivity index (χ0v) is 13.6. The van der Waals surface area contributed by atoms with E-state index in [1.54, 1.807) is 7.11 Å². The topological polar surface area (TPSA) is 28.6 Å².